The van der Waals surface area contributed by atoms with Gasteiger partial charge in [0, 0.05) is 49.0 Å². The van der Waals surface area contributed by atoms with Crippen molar-refractivity contribution in [3.05, 3.63) is 271 Å². The molecule has 0 amide bonds. The maximum absolute atomic E-state index is 10.2. The summed E-state index contributed by atoms with van der Waals surface area (Å²) in [6.45, 7) is 0. The highest BCUT2D eigenvalue weighted by molar-refractivity contribution is 6.25. The zero-order chi connectivity index (χ0) is 58.6. The zero-order valence-corrected chi connectivity index (χ0v) is 46.6. The van der Waals surface area contributed by atoms with Gasteiger partial charge in [0.25, 0.3) is 0 Å². The van der Waals surface area contributed by atoms with Crippen LogP contribution in [0.1, 0.15) is 16.7 Å². The van der Waals surface area contributed by atoms with Crippen LogP contribution < -0.4 is 0 Å². The molecule has 10 nitrogen and oxygen atoms in total. The van der Waals surface area contributed by atoms with Crippen LogP contribution in [0, 0.1) is 34.0 Å². The molecule has 10 heteroatoms. The summed E-state index contributed by atoms with van der Waals surface area (Å²) in [6, 6.07) is 92.4. The third-order valence-electron chi connectivity index (χ3n) is 17.1. The molecule has 0 unspecified atom stereocenters. The van der Waals surface area contributed by atoms with Gasteiger partial charge in [-0.05, 0) is 143 Å². The van der Waals surface area contributed by atoms with Gasteiger partial charge >= 0.3 is 0 Å². The van der Waals surface area contributed by atoms with E-state index in [2.05, 4.69) is 149 Å². The Morgan fingerprint density at radius 3 is 1.11 bits per heavy atom. The van der Waals surface area contributed by atoms with E-state index in [1.807, 2.05) is 127 Å². The Balaban J connectivity index is 0.963. The molecule has 0 aliphatic heterocycles. The highest BCUT2D eigenvalue weighted by Gasteiger charge is 2.26. The fourth-order valence-electron chi connectivity index (χ4n) is 13.0. The Bertz CT molecular complexity index is 5630. The molecule has 0 saturated heterocycles. The number of hydrogen-bond donors (Lipinski definition) is 0. The summed E-state index contributed by atoms with van der Waals surface area (Å²) in [7, 11) is 0. The van der Waals surface area contributed by atoms with Gasteiger partial charge in [0.2, 0.25) is 0 Å². The maximum atomic E-state index is 10.2. The Kier molecular flexibility index (Phi) is 11.2. The fraction of sp³-hybridized carbons (Fsp3) is 0. The smallest absolute Gasteiger partial charge is 0.166 e. The van der Waals surface area contributed by atoms with Crippen molar-refractivity contribution < 1.29 is 8.83 Å². The molecule has 0 aliphatic rings. The van der Waals surface area contributed by atoms with Crippen LogP contribution >= 0.6 is 0 Å². The van der Waals surface area contributed by atoms with Crippen molar-refractivity contribution in [3.8, 4) is 97.1 Å². The number of hydrogen-bond acceptors (Lipinski definition) is 8. The summed E-state index contributed by atoms with van der Waals surface area (Å²) in [5.74, 6) is 1.26. The number of aromatic nitrogens is 5. The molecule has 0 spiro atoms. The second-order valence-electron chi connectivity index (χ2n) is 22.0. The molecule has 0 radical (unpaired) electrons. The van der Waals surface area contributed by atoms with Gasteiger partial charge < -0.3 is 18.0 Å². The molecular weight excluding hydrogens is 1080 g/mol. The van der Waals surface area contributed by atoms with Gasteiger partial charge in [-0.15, -0.1) is 0 Å². The molecule has 0 aliphatic carbocycles. The quantitative estimate of drug-likeness (QED) is 0.146. The van der Waals surface area contributed by atoms with E-state index >= 15 is 0 Å². The van der Waals surface area contributed by atoms with Crippen LogP contribution in [0.3, 0.4) is 0 Å². The molecular formula is C78H42N8O2. The molecule has 406 valence electrons. The van der Waals surface area contributed by atoms with E-state index in [-0.39, 0.29) is 0 Å². The Labute approximate surface area is 502 Å². The molecule has 5 heterocycles. The Hall–Kier alpha value is -12.7. The minimum atomic E-state index is 0.414. The molecule has 0 bridgehead atoms. The molecule has 17 rings (SSSR count). The SMILES string of the molecule is N#Cc1cccc(-c2ccc(-c3nc(-c4ccc(-c5cccc(C#N)c5)cc4-n4c5ccccc5c5c6oc7ccccc7c6ccc54)nc(-c4ccc(-c5cccc(C#N)c5)cc4-n4c5ccccc5c5c6oc7ccccc7c6ccc54)n3)cc2)c1. The first-order valence-electron chi connectivity index (χ1n) is 28.8. The summed E-state index contributed by atoms with van der Waals surface area (Å²) in [5, 5.41) is 38.2. The Morgan fingerprint density at radius 2 is 0.659 bits per heavy atom. The summed E-state index contributed by atoms with van der Waals surface area (Å²) < 4.78 is 18.2. The predicted octanol–water partition coefficient (Wildman–Crippen LogP) is 19.5. The number of nitrogens with zero attached hydrogens (tertiary/aromatic N) is 8. The van der Waals surface area contributed by atoms with E-state index < -0.39 is 0 Å². The molecule has 0 fully saturated rings. The largest absolute Gasteiger partial charge is 0.455 e. The summed E-state index contributed by atoms with van der Waals surface area (Å²) in [4.78, 5) is 16.7. The van der Waals surface area contributed by atoms with Crippen LogP contribution in [0.25, 0.3) is 166 Å². The van der Waals surface area contributed by atoms with Crippen molar-refractivity contribution in [1.82, 2.24) is 24.1 Å². The second-order valence-corrected chi connectivity index (χ2v) is 22.0. The molecule has 0 N–H and O–H groups in total. The van der Waals surface area contributed by atoms with Gasteiger partial charge in [-0.25, -0.2) is 15.0 Å². The van der Waals surface area contributed by atoms with E-state index in [0.717, 1.165) is 149 Å². The van der Waals surface area contributed by atoms with E-state index in [4.69, 9.17) is 23.8 Å². The lowest BCUT2D eigenvalue weighted by molar-refractivity contribution is 0.672. The van der Waals surface area contributed by atoms with Crippen molar-refractivity contribution in [2.75, 3.05) is 0 Å². The highest BCUT2D eigenvalue weighted by atomic mass is 16.3. The van der Waals surface area contributed by atoms with E-state index in [9.17, 15) is 15.8 Å². The van der Waals surface area contributed by atoms with Crippen LogP contribution in [-0.2, 0) is 0 Å². The third-order valence-corrected chi connectivity index (χ3v) is 17.1. The van der Waals surface area contributed by atoms with Gasteiger partial charge in [0.15, 0.2) is 17.5 Å². The first-order chi connectivity index (χ1) is 43.5. The minimum absolute atomic E-state index is 0.414. The van der Waals surface area contributed by atoms with Crippen molar-refractivity contribution in [2.45, 2.75) is 0 Å². The minimum Gasteiger partial charge on any atom is -0.455 e. The number of furan rings is 2. The predicted molar refractivity (Wildman–Crippen MR) is 350 cm³/mol. The van der Waals surface area contributed by atoms with Gasteiger partial charge in [0.1, 0.15) is 22.3 Å². The van der Waals surface area contributed by atoms with Crippen LogP contribution in [0.15, 0.2) is 264 Å². The number of benzene rings is 12. The summed E-state index contributed by atoms with van der Waals surface area (Å²) >= 11 is 0. The first kappa shape index (κ1) is 49.9. The lowest BCUT2D eigenvalue weighted by Crippen LogP contribution is -2.06. The standard InChI is InChI=1S/C78H42N8O2/c79-43-46-12-9-15-51(38-46)49-26-28-50(29-27-49)76-82-77(62-32-30-54(52-16-10-13-47(39-52)44-80)41-68(62)85-64-22-5-1-20-60(64)72-66(85)36-34-58-56-18-3-7-24-70(56)87-74(58)72)84-78(83-76)63-33-31-55(53-17-11-14-48(40-53)45-81)42-69(63)86-65-23-6-2-21-61(65)73-67(86)37-35-59-57-19-4-8-25-71(57)88-75(59)73/h1-42H. The average molecular weight is 1120 g/mol. The van der Waals surface area contributed by atoms with Crippen LogP contribution in [0.4, 0.5) is 0 Å². The van der Waals surface area contributed by atoms with Gasteiger partial charge in [0.05, 0.1) is 79.1 Å². The van der Waals surface area contributed by atoms with E-state index in [1.165, 1.54) is 0 Å². The maximum Gasteiger partial charge on any atom is 0.166 e. The van der Waals surface area contributed by atoms with Gasteiger partial charge in [-0.1, -0.05) is 146 Å². The zero-order valence-electron chi connectivity index (χ0n) is 46.6. The average Bonchev–Trinajstić information content (AvgIpc) is 2.09. The topological polar surface area (TPSA) is 146 Å². The first-order valence-corrected chi connectivity index (χ1v) is 28.8. The van der Waals surface area contributed by atoms with E-state index in [0.29, 0.717) is 34.2 Å². The van der Waals surface area contributed by atoms with E-state index in [1.54, 1.807) is 6.07 Å². The van der Waals surface area contributed by atoms with Crippen LogP contribution in [0.2, 0.25) is 0 Å². The number of rotatable bonds is 8. The third kappa shape index (κ3) is 7.83. The second kappa shape index (κ2) is 19.7. The molecule has 5 aromatic heterocycles. The van der Waals surface area contributed by atoms with Crippen molar-refractivity contribution in [2.24, 2.45) is 0 Å². The normalized spacial score (nSPS) is 11.6. The monoisotopic (exact) mass is 1120 g/mol. The molecule has 0 saturated carbocycles. The lowest BCUT2D eigenvalue weighted by atomic mass is 9.99. The number of para-hydroxylation sites is 4. The highest BCUT2D eigenvalue weighted by Crippen LogP contribution is 2.46. The van der Waals surface area contributed by atoms with Crippen LogP contribution in [-0.4, -0.2) is 24.1 Å². The molecule has 0 atom stereocenters. The lowest BCUT2D eigenvalue weighted by Gasteiger charge is -2.18. The van der Waals surface area contributed by atoms with Gasteiger partial charge in [-0.3, -0.25) is 0 Å². The molecule has 12 aromatic carbocycles. The van der Waals surface area contributed by atoms with Crippen molar-refractivity contribution in [3.63, 3.8) is 0 Å². The summed E-state index contributed by atoms with van der Waals surface area (Å²) in [5.41, 5.74) is 17.8. The molecule has 88 heavy (non-hydrogen) atoms. The number of nitriles is 3. The van der Waals surface area contributed by atoms with Gasteiger partial charge in [-0.2, -0.15) is 15.8 Å². The summed E-state index contributed by atoms with van der Waals surface area (Å²) in [6.07, 6.45) is 0. The molecule has 17 aromatic rings. The van der Waals surface area contributed by atoms with Crippen molar-refractivity contribution in [1.29, 1.82) is 15.8 Å². The Morgan fingerprint density at radius 1 is 0.284 bits per heavy atom. The van der Waals surface area contributed by atoms with Crippen molar-refractivity contribution >= 4 is 87.5 Å². The van der Waals surface area contributed by atoms with Crippen LogP contribution in [0.5, 0.6) is 0 Å². The fourth-order valence-corrected chi connectivity index (χ4v) is 13.0. The number of fused-ring (bicyclic) bond motifs is 14.